The van der Waals surface area contributed by atoms with Gasteiger partial charge in [-0.25, -0.2) is 9.48 Å². The Morgan fingerprint density at radius 3 is 2.56 bits per heavy atom. The molecule has 10 heteroatoms. The zero-order valence-corrected chi connectivity index (χ0v) is 25.6. The van der Waals surface area contributed by atoms with Gasteiger partial charge >= 0.3 is 6.09 Å². The molecule has 1 atom stereocenters. The standard InChI is InChI=1S/C31H43N7O3/c1-21-16-22(11-12-23(21)17-33-28(39)26-20-38(35-34-26)30(2,3)4)25-13-14-32-18-27(25)37-15-9-10-24(19-37)36(8)29(40)41-31(5,6)7/h11-14,16,18,20,24H,9-10,15,17,19H2,1-8H3,(H,33,39). The monoisotopic (exact) mass is 561 g/mol. The minimum atomic E-state index is -0.532. The lowest BCUT2D eigenvalue weighted by molar-refractivity contribution is 0.0209. The third kappa shape index (κ3) is 7.42. The number of carbonyl (C=O) groups is 2. The van der Waals surface area contributed by atoms with Crippen LogP contribution in [0.1, 0.15) is 76.0 Å². The summed E-state index contributed by atoms with van der Waals surface area (Å²) in [7, 11) is 1.82. The predicted molar refractivity (Wildman–Crippen MR) is 160 cm³/mol. The predicted octanol–water partition coefficient (Wildman–Crippen LogP) is 5.17. The van der Waals surface area contributed by atoms with Gasteiger partial charge in [0.25, 0.3) is 5.91 Å². The van der Waals surface area contributed by atoms with Crippen molar-refractivity contribution in [3.63, 3.8) is 0 Å². The van der Waals surface area contributed by atoms with E-state index in [2.05, 4.69) is 50.6 Å². The highest BCUT2D eigenvalue weighted by Gasteiger charge is 2.30. The van der Waals surface area contributed by atoms with Crippen LogP contribution in [0.5, 0.6) is 0 Å². The molecule has 41 heavy (non-hydrogen) atoms. The highest BCUT2D eigenvalue weighted by atomic mass is 16.6. The van der Waals surface area contributed by atoms with E-state index in [0.29, 0.717) is 18.8 Å². The van der Waals surface area contributed by atoms with Gasteiger partial charge in [0.2, 0.25) is 0 Å². The highest BCUT2D eigenvalue weighted by Crippen LogP contribution is 2.33. The Bertz CT molecular complexity index is 1390. The van der Waals surface area contributed by atoms with Gasteiger partial charge in [0, 0.05) is 38.4 Å². The first-order valence-electron chi connectivity index (χ1n) is 14.2. The quantitative estimate of drug-likeness (QED) is 0.443. The number of carbonyl (C=O) groups excluding carboxylic acids is 2. The average molecular weight is 562 g/mol. The fourth-order valence-corrected chi connectivity index (χ4v) is 4.88. The second-order valence-corrected chi connectivity index (χ2v) is 12.8. The van der Waals surface area contributed by atoms with Crippen LogP contribution in [0.3, 0.4) is 0 Å². The molecule has 10 nitrogen and oxygen atoms in total. The second-order valence-electron chi connectivity index (χ2n) is 12.8. The van der Waals surface area contributed by atoms with E-state index < -0.39 is 5.60 Å². The minimum absolute atomic E-state index is 0.0457. The molecule has 1 aliphatic heterocycles. The maximum absolute atomic E-state index is 12.7. The summed E-state index contributed by atoms with van der Waals surface area (Å²) in [6.45, 7) is 15.7. The van der Waals surface area contributed by atoms with Crippen LogP contribution in [0.4, 0.5) is 10.5 Å². The van der Waals surface area contributed by atoms with Crippen molar-refractivity contribution in [2.45, 2.75) is 85.0 Å². The van der Waals surface area contributed by atoms with E-state index in [1.165, 1.54) is 0 Å². The first-order valence-corrected chi connectivity index (χ1v) is 14.2. The molecule has 0 spiro atoms. The molecule has 1 saturated heterocycles. The largest absolute Gasteiger partial charge is 0.444 e. The third-order valence-electron chi connectivity index (χ3n) is 7.27. The summed E-state index contributed by atoms with van der Waals surface area (Å²) in [6.07, 6.45) is 6.97. The van der Waals surface area contributed by atoms with Gasteiger partial charge in [0.15, 0.2) is 5.69 Å². The number of aromatic nitrogens is 4. The Balaban J connectivity index is 1.46. The van der Waals surface area contributed by atoms with Gasteiger partial charge < -0.3 is 19.9 Å². The number of aryl methyl sites for hydroxylation is 1. The number of ether oxygens (including phenoxy) is 1. The van der Waals surface area contributed by atoms with Crippen LogP contribution in [0.15, 0.2) is 42.9 Å². The number of nitrogens with zero attached hydrogens (tertiary/aromatic N) is 6. The number of rotatable bonds is 6. The van der Waals surface area contributed by atoms with Crippen LogP contribution in [0.25, 0.3) is 11.1 Å². The number of benzene rings is 1. The first kappa shape index (κ1) is 30.0. The number of anilines is 1. The summed E-state index contributed by atoms with van der Waals surface area (Å²) in [4.78, 5) is 33.9. The van der Waals surface area contributed by atoms with Crippen LogP contribution in [-0.4, -0.2) is 68.7 Å². The van der Waals surface area contributed by atoms with E-state index >= 15 is 0 Å². The fraction of sp³-hybridized carbons (Fsp3) is 0.516. The average Bonchev–Trinajstić information content (AvgIpc) is 3.42. The van der Waals surface area contributed by atoms with E-state index in [9.17, 15) is 9.59 Å². The molecule has 0 aliphatic carbocycles. The SMILES string of the molecule is Cc1cc(-c2ccncc2N2CCCC(N(C)C(=O)OC(C)(C)C)C2)ccc1CNC(=O)c1cn(C(C)(C)C)nn1. The number of amides is 2. The van der Waals surface area contributed by atoms with Crippen LogP contribution in [0, 0.1) is 6.92 Å². The summed E-state index contributed by atoms with van der Waals surface area (Å²) in [5, 5.41) is 11.1. The smallest absolute Gasteiger partial charge is 0.410 e. The maximum atomic E-state index is 12.7. The topological polar surface area (TPSA) is 105 Å². The Labute approximate surface area is 243 Å². The summed E-state index contributed by atoms with van der Waals surface area (Å²) in [5.74, 6) is -0.253. The van der Waals surface area contributed by atoms with Crippen LogP contribution in [-0.2, 0) is 16.8 Å². The number of hydrogen-bond acceptors (Lipinski definition) is 7. The molecule has 1 aliphatic rings. The summed E-state index contributed by atoms with van der Waals surface area (Å²) in [6, 6.07) is 8.35. The molecule has 1 N–H and O–H groups in total. The van der Waals surface area contributed by atoms with Crippen molar-refractivity contribution >= 4 is 17.7 Å². The number of likely N-dealkylation sites (N-methyl/N-ethyl adjacent to an activating group) is 1. The van der Waals surface area contributed by atoms with Gasteiger partial charge in [-0.05, 0) is 84.1 Å². The Hall–Kier alpha value is -3.95. The van der Waals surface area contributed by atoms with Gasteiger partial charge in [-0.2, -0.15) is 0 Å². The molecule has 1 aromatic carbocycles. The van der Waals surface area contributed by atoms with Crippen LogP contribution < -0.4 is 10.2 Å². The van der Waals surface area contributed by atoms with Crippen molar-refractivity contribution < 1.29 is 14.3 Å². The van der Waals surface area contributed by atoms with Gasteiger partial charge in [-0.3, -0.25) is 9.78 Å². The van der Waals surface area contributed by atoms with Crippen molar-refractivity contribution in [2.75, 3.05) is 25.0 Å². The minimum Gasteiger partial charge on any atom is -0.444 e. The first-order chi connectivity index (χ1) is 19.2. The summed E-state index contributed by atoms with van der Waals surface area (Å²) >= 11 is 0. The normalized spacial score (nSPS) is 15.9. The van der Waals surface area contributed by atoms with E-state index in [1.54, 1.807) is 22.0 Å². The van der Waals surface area contributed by atoms with Crippen molar-refractivity contribution in [1.29, 1.82) is 0 Å². The lowest BCUT2D eigenvalue weighted by atomic mass is 9.97. The van der Waals surface area contributed by atoms with Crippen LogP contribution in [0.2, 0.25) is 0 Å². The van der Waals surface area contributed by atoms with Gasteiger partial charge in [0.05, 0.1) is 29.7 Å². The zero-order chi connectivity index (χ0) is 29.9. The Morgan fingerprint density at radius 1 is 1.15 bits per heavy atom. The molecular weight excluding hydrogens is 518 g/mol. The number of piperidine rings is 1. The molecule has 1 fully saturated rings. The second kappa shape index (κ2) is 11.9. The van der Waals surface area contributed by atoms with Crippen LogP contribution >= 0.6 is 0 Å². The lowest BCUT2D eigenvalue weighted by Gasteiger charge is -2.39. The third-order valence-corrected chi connectivity index (χ3v) is 7.27. The fourth-order valence-electron chi connectivity index (χ4n) is 4.88. The molecule has 220 valence electrons. The Kier molecular flexibility index (Phi) is 8.70. The molecule has 4 rings (SSSR count). The van der Waals surface area contributed by atoms with Crippen molar-refractivity contribution in [2.24, 2.45) is 0 Å². The van der Waals surface area contributed by atoms with Crippen molar-refractivity contribution in [3.05, 3.63) is 59.7 Å². The number of pyridine rings is 1. The zero-order valence-electron chi connectivity index (χ0n) is 25.6. The van der Waals surface area contributed by atoms with Gasteiger partial charge in [0.1, 0.15) is 5.60 Å². The van der Waals surface area contributed by atoms with Crippen molar-refractivity contribution in [1.82, 2.24) is 30.2 Å². The molecular formula is C31H43N7O3. The molecule has 2 aromatic heterocycles. The molecule has 0 saturated carbocycles. The van der Waals surface area contributed by atoms with Gasteiger partial charge in [-0.1, -0.05) is 23.4 Å². The van der Waals surface area contributed by atoms with E-state index in [1.807, 2.05) is 60.9 Å². The molecule has 3 heterocycles. The molecule has 0 radical (unpaired) electrons. The molecule has 1 unspecified atom stereocenters. The van der Waals surface area contributed by atoms with Gasteiger partial charge in [-0.15, -0.1) is 5.10 Å². The number of nitrogens with one attached hydrogen (secondary N) is 1. The molecule has 2 amide bonds. The lowest BCUT2D eigenvalue weighted by Crippen LogP contribution is -2.50. The summed E-state index contributed by atoms with van der Waals surface area (Å²) < 4.78 is 7.30. The summed E-state index contributed by atoms with van der Waals surface area (Å²) in [5.41, 5.74) is 4.82. The van der Waals surface area contributed by atoms with Crippen molar-refractivity contribution in [3.8, 4) is 11.1 Å². The molecule has 0 bridgehead atoms. The molecule has 3 aromatic rings. The Morgan fingerprint density at radius 2 is 1.90 bits per heavy atom. The highest BCUT2D eigenvalue weighted by molar-refractivity contribution is 5.91. The number of hydrogen-bond donors (Lipinski definition) is 1. The van der Waals surface area contributed by atoms with E-state index in [0.717, 1.165) is 47.3 Å². The van der Waals surface area contributed by atoms with E-state index in [4.69, 9.17) is 4.74 Å². The van der Waals surface area contributed by atoms with E-state index in [-0.39, 0.29) is 23.6 Å². The maximum Gasteiger partial charge on any atom is 0.410 e.